The van der Waals surface area contributed by atoms with Gasteiger partial charge in [-0.05, 0) is 44.5 Å². The normalized spacial score (nSPS) is 13.7. The molecule has 2 N–H and O–H groups in total. The van der Waals surface area contributed by atoms with E-state index in [1.165, 1.54) is 37.0 Å². The molecule has 0 fully saturated rings. The predicted molar refractivity (Wildman–Crippen MR) is 106 cm³/mol. The van der Waals surface area contributed by atoms with E-state index in [1.807, 2.05) is 0 Å². The topological polar surface area (TPSA) is 124 Å². The average molecular weight is 423 g/mol. The molecule has 0 atom stereocenters. The summed E-state index contributed by atoms with van der Waals surface area (Å²) in [6.07, 6.45) is 3.37. The summed E-state index contributed by atoms with van der Waals surface area (Å²) in [6, 6.07) is 4.21. The molecule has 0 saturated carbocycles. The molecule has 11 heteroatoms. The lowest BCUT2D eigenvalue weighted by Crippen LogP contribution is -2.29. The second kappa shape index (κ2) is 8.78. The lowest BCUT2D eigenvalue weighted by Gasteiger charge is -2.11. The molecule has 1 aromatic carbocycles. The Bertz CT molecular complexity index is 1060. The summed E-state index contributed by atoms with van der Waals surface area (Å²) in [5, 5.41) is 7.10. The van der Waals surface area contributed by atoms with Crippen molar-refractivity contribution in [3.8, 4) is 5.75 Å². The molecule has 1 aliphatic rings. The molecule has 0 aliphatic carbocycles. The van der Waals surface area contributed by atoms with Crippen LogP contribution in [0.5, 0.6) is 5.75 Å². The molecule has 3 rings (SSSR count). The second-order valence-electron chi connectivity index (χ2n) is 6.71. The summed E-state index contributed by atoms with van der Waals surface area (Å²) < 4.78 is 34.7. The van der Waals surface area contributed by atoms with Gasteiger partial charge in [-0.1, -0.05) is 0 Å². The van der Waals surface area contributed by atoms with Crippen LogP contribution in [0.25, 0.3) is 0 Å². The van der Waals surface area contributed by atoms with Gasteiger partial charge in [0.25, 0.3) is 5.91 Å². The maximum absolute atomic E-state index is 12.4. The number of hydrogen-bond acceptors (Lipinski definition) is 6. The summed E-state index contributed by atoms with van der Waals surface area (Å²) in [5.74, 6) is 0.567. The van der Waals surface area contributed by atoms with Crippen LogP contribution in [0.4, 0.5) is 0 Å². The highest BCUT2D eigenvalue weighted by Gasteiger charge is 2.20. The van der Waals surface area contributed by atoms with Crippen LogP contribution in [0.2, 0.25) is 0 Å². The summed E-state index contributed by atoms with van der Waals surface area (Å²) >= 11 is 0. The zero-order chi connectivity index (χ0) is 21.0. The van der Waals surface area contributed by atoms with Gasteiger partial charge in [0.2, 0.25) is 10.0 Å². The highest BCUT2D eigenvalue weighted by molar-refractivity contribution is 7.89. The number of nitrogens with one attached hydrogen (secondary N) is 2. The summed E-state index contributed by atoms with van der Waals surface area (Å²) in [7, 11) is -1.12. The number of aryl methyl sites for hydroxylation is 2. The van der Waals surface area contributed by atoms with Gasteiger partial charge in [-0.25, -0.2) is 22.6 Å². The Morgan fingerprint density at radius 2 is 2.10 bits per heavy atom. The van der Waals surface area contributed by atoms with Gasteiger partial charge in [-0.15, -0.1) is 0 Å². The van der Waals surface area contributed by atoms with Crippen LogP contribution in [0.15, 0.2) is 27.9 Å². The number of amides is 1. The van der Waals surface area contributed by atoms with E-state index in [4.69, 9.17) is 4.74 Å². The van der Waals surface area contributed by atoms with E-state index < -0.39 is 15.9 Å². The number of hydrogen-bond donors (Lipinski definition) is 2. The van der Waals surface area contributed by atoms with Crippen molar-refractivity contribution in [1.82, 2.24) is 24.4 Å². The highest BCUT2D eigenvalue weighted by Crippen LogP contribution is 2.24. The number of ether oxygens (including phenoxy) is 1. The number of carbonyl (C=O) groups is 1. The highest BCUT2D eigenvalue weighted by atomic mass is 32.2. The predicted octanol–water partition coefficient (Wildman–Crippen LogP) is 0.118. The monoisotopic (exact) mass is 423 g/mol. The number of fused-ring (bicyclic) bond motifs is 1. The molecule has 0 saturated heterocycles. The molecule has 10 nitrogen and oxygen atoms in total. The van der Waals surface area contributed by atoms with Gasteiger partial charge in [0.15, 0.2) is 0 Å². The molecule has 0 bridgehead atoms. The van der Waals surface area contributed by atoms with E-state index >= 15 is 0 Å². The van der Waals surface area contributed by atoms with E-state index in [-0.39, 0.29) is 21.9 Å². The van der Waals surface area contributed by atoms with Gasteiger partial charge in [0.1, 0.15) is 16.5 Å². The quantitative estimate of drug-likeness (QED) is 0.581. The first-order valence-corrected chi connectivity index (χ1v) is 10.9. The van der Waals surface area contributed by atoms with Crippen LogP contribution in [-0.2, 0) is 29.5 Å². The Morgan fingerprint density at radius 3 is 2.79 bits per heavy atom. The van der Waals surface area contributed by atoms with Crippen molar-refractivity contribution < 1.29 is 17.9 Å². The van der Waals surface area contributed by atoms with Gasteiger partial charge < -0.3 is 10.1 Å². The second-order valence-corrected chi connectivity index (χ2v) is 8.57. The van der Waals surface area contributed by atoms with Crippen LogP contribution >= 0.6 is 0 Å². The van der Waals surface area contributed by atoms with Crippen LogP contribution in [0, 0.1) is 0 Å². The zero-order valence-corrected chi connectivity index (χ0v) is 17.3. The number of nitrogens with zero attached hydrogens (tertiary/aromatic N) is 3. The Labute approximate surface area is 168 Å². The van der Waals surface area contributed by atoms with Crippen molar-refractivity contribution in [2.75, 3.05) is 20.7 Å². The number of aromatic nitrogens is 3. The maximum atomic E-state index is 12.4. The zero-order valence-electron chi connectivity index (χ0n) is 16.5. The number of rotatable bonds is 8. The summed E-state index contributed by atoms with van der Waals surface area (Å²) in [4.78, 5) is 24.6. The van der Waals surface area contributed by atoms with Crippen LogP contribution in [0.1, 0.15) is 35.4 Å². The Morgan fingerprint density at radius 1 is 1.31 bits per heavy atom. The lowest BCUT2D eigenvalue weighted by atomic mass is 10.2. The van der Waals surface area contributed by atoms with E-state index in [0.717, 1.165) is 25.1 Å². The molecule has 0 spiro atoms. The van der Waals surface area contributed by atoms with Crippen LogP contribution in [-0.4, -0.2) is 49.4 Å². The third kappa shape index (κ3) is 4.51. The molecule has 29 heavy (non-hydrogen) atoms. The molecule has 2 heterocycles. The molecule has 1 aliphatic heterocycles. The minimum atomic E-state index is -3.77. The van der Waals surface area contributed by atoms with Crippen LogP contribution < -0.4 is 20.5 Å². The molecule has 2 aromatic rings. The smallest absolute Gasteiger partial charge is 0.345 e. The van der Waals surface area contributed by atoms with E-state index in [9.17, 15) is 18.0 Å². The molecule has 1 amide bonds. The number of sulfonamides is 1. The Balaban J connectivity index is 1.61. The Hall–Kier alpha value is -2.66. The van der Waals surface area contributed by atoms with Crippen molar-refractivity contribution in [1.29, 1.82) is 0 Å². The van der Waals surface area contributed by atoms with E-state index in [1.54, 1.807) is 4.57 Å². The fourth-order valence-corrected chi connectivity index (χ4v) is 4.18. The fraction of sp³-hybridized carbons (Fsp3) is 0.500. The Kier molecular flexibility index (Phi) is 6.38. The van der Waals surface area contributed by atoms with Crippen molar-refractivity contribution in [3.05, 3.63) is 40.1 Å². The number of carbonyl (C=O) groups excluding carboxylic acids is 1. The van der Waals surface area contributed by atoms with Crippen molar-refractivity contribution >= 4 is 15.9 Å². The third-order valence-electron chi connectivity index (χ3n) is 4.85. The number of benzene rings is 1. The first kappa shape index (κ1) is 21.1. The van der Waals surface area contributed by atoms with Gasteiger partial charge in [0, 0.05) is 31.6 Å². The minimum absolute atomic E-state index is 0.106. The molecule has 1 aromatic heterocycles. The molecular weight excluding hydrogens is 398 g/mol. The van der Waals surface area contributed by atoms with Crippen molar-refractivity contribution in [2.45, 2.75) is 43.7 Å². The lowest BCUT2D eigenvalue weighted by molar-refractivity contribution is 0.0952. The van der Waals surface area contributed by atoms with Gasteiger partial charge in [-0.3, -0.25) is 9.36 Å². The first-order valence-electron chi connectivity index (χ1n) is 9.43. The standard InChI is InChI=1S/C18H25N5O5S/c1-19-29(26,27)15-12-13(7-8-14(15)28-2)17(24)20-9-5-11-23-18(25)22-10-4-3-6-16(22)21-23/h7-8,12,19H,3-6,9-11H2,1-2H3,(H,20,24). The largest absolute Gasteiger partial charge is 0.495 e. The molecule has 0 radical (unpaired) electrons. The van der Waals surface area contributed by atoms with Crippen molar-refractivity contribution in [3.63, 3.8) is 0 Å². The molecular formula is C18H25N5O5S. The average Bonchev–Trinajstić information content (AvgIpc) is 3.06. The first-order chi connectivity index (χ1) is 13.9. The van der Waals surface area contributed by atoms with E-state index in [2.05, 4.69) is 15.1 Å². The molecule has 0 unspecified atom stereocenters. The van der Waals surface area contributed by atoms with Gasteiger partial charge in [0.05, 0.1) is 7.11 Å². The minimum Gasteiger partial charge on any atom is -0.495 e. The third-order valence-corrected chi connectivity index (χ3v) is 6.28. The fourth-order valence-electron chi connectivity index (χ4n) is 3.26. The summed E-state index contributed by atoms with van der Waals surface area (Å²) in [6.45, 7) is 1.44. The van der Waals surface area contributed by atoms with Gasteiger partial charge in [-0.2, -0.15) is 5.10 Å². The maximum Gasteiger partial charge on any atom is 0.345 e. The SMILES string of the molecule is CNS(=O)(=O)c1cc(C(=O)NCCCn2nc3n(c2=O)CCCC3)ccc1OC. The number of methoxy groups -OCH3 is 1. The molecule has 158 valence electrons. The van der Waals surface area contributed by atoms with Crippen LogP contribution in [0.3, 0.4) is 0 Å². The van der Waals surface area contributed by atoms with Gasteiger partial charge >= 0.3 is 5.69 Å². The van der Waals surface area contributed by atoms with E-state index in [0.29, 0.717) is 26.1 Å². The summed E-state index contributed by atoms with van der Waals surface area (Å²) in [5.41, 5.74) is 0.0948. The van der Waals surface area contributed by atoms with Crippen molar-refractivity contribution in [2.24, 2.45) is 0 Å².